The van der Waals surface area contributed by atoms with Gasteiger partial charge in [0.15, 0.2) is 12.4 Å². The zero-order valence-electron chi connectivity index (χ0n) is 12.5. The number of para-hydroxylation sites is 1. The Morgan fingerprint density at radius 3 is 2.87 bits per heavy atom. The van der Waals surface area contributed by atoms with Crippen molar-refractivity contribution >= 4 is 34.8 Å². The van der Waals surface area contributed by atoms with Crippen molar-refractivity contribution in [3.8, 4) is 5.75 Å². The van der Waals surface area contributed by atoms with Crippen LogP contribution in [0.3, 0.4) is 0 Å². The maximum absolute atomic E-state index is 12.6. The molecule has 0 fully saturated rings. The molecule has 2 aromatic carbocycles. The number of benzene rings is 2. The smallest absolute Gasteiger partial charge is 0.262 e. The van der Waals surface area contributed by atoms with Crippen molar-refractivity contribution in [2.24, 2.45) is 0 Å². The van der Waals surface area contributed by atoms with E-state index in [1.165, 1.54) is 11.8 Å². The average Bonchev–Trinajstić information content (AvgIpc) is 2.55. The standard InChI is InChI=1S/C17H16N2O3S/c1-10(23-15-5-3-2-4-12(15)18)17(21)11-6-7-14-13(8-11)19-16(20)9-22-14/h2-8,10H,9,18H2,1H3,(H,19,20). The van der Waals surface area contributed by atoms with Crippen LogP contribution in [-0.4, -0.2) is 23.5 Å². The second kappa shape index (κ2) is 6.34. The minimum Gasteiger partial charge on any atom is -0.482 e. The maximum Gasteiger partial charge on any atom is 0.262 e. The molecule has 0 saturated carbocycles. The fourth-order valence-electron chi connectivity index (χ4n) is 2.30. The van der Waals surface area contributed by atoms with Gasteiger partial charge in [0.25, 0.3) is 5.91 Å². The number of carbonyl (C=O) groups excluding carboxylic acids is 2. The topological polar surface area (TPSA) is 81.4 Å². The van der Waals surface area contributed by atoms with Crippen LogP contribution in [0.25, 0.3) is 0 Å². The Morgan fingerprint density at radius 2 is 2.09 bits per heavy atom. The van der Waals surface area contributed by atoms with E-state index in [1.54, 1.807) is 18.2 Å². The molecule has 1 unspecified atom stereocenters. The molecule has 1 atom stereocenters. The number of ketones is 1. The van der Waals surface area contributed by atoms with Crippen LogP contribution < -0.4 is 15.8 Å². The predicted molar refractivity (Wildman–Crippen MR) is 91.1 cm³/mol. The highest BCUT2D eigenvalue weighted by Crippen LogP contribution is 2.32. The summed E-state index contributed by atoms with van der Waals surface area (Å²) in [6, 6.07) is 12.5. The van der Waals surface area contributed by atoms with Crippen LogP contribution in [0.1, 0.15) is 17.3 Å². The van der Waals surface area contributed by atoms with E-state index in [1.807, 2.05) is 31.2 Å². The first kappa shape index (κ1) is 15.4. The largest absolute Gasteiger partial charge is 0.482 e. The van der Waals surface area contributed by atoms with Gasteiger partial charge in [-0.1, -0.05) is 12.1 Å². The Kier molecular flexibility index (Phi) is 4.25. The Hall–Kier alpha value is -2.47. The van der Waals surface area contributed by atoms with Gasteiger partial charge in [0.05, 0.1) is 10.9 Å². The van der Waals surface area contributed by atoms with Crippen molar-refractivity contribution in [1.29, 1.82) is 0 Å². The molecule has 1 aliphatic rings. The first-order valence-corrected chi connectivity index (χ1v) is 8.04. The second-order valence-corrected chi connectivity index (χ2v) is 6.59. The SMILES string of the molecule is CC(Sc1ccccc1N)C(=O)c1ccc2c(c1)NC(=O)CO2. The fourth-order valence-corrected chi connectivity index (χ4v) is 3.29. The monoisotopic (exact) mass is 328 g/mol. The first-order valence-electron chi connectivity index (χ1n) is 7.16. The number of anilines is 2. The summed E-state index contributed by atoms with van der Waals surface area (Å²) in [7, 11) is 0. The summed E-state index contributed by atoms with van der Waals surface area (Å²) in [5.74, 6) is 0.330. The minimum atomic E-state index is -0.294. The van der Waals surface area contributed by atoms with Gasteiger partial charge in [0.1, 0.15) is 5.75 Å². The second-order valence-electron chi connectivity index (χ2n) is 5.21. The lowest BCUT2D eigenvalue weighted by Gasteiger charge is -2.19. The zero-order valence-corrected chi connectivity index (χ0v) is 13.4. The number of ether oxygens (including phenoxy) is 1. The highest BCUT2D eigenvalue weighted by Gasteiger charge is 2.21. The summed E-state index contributed by atoms with van der Waals surface area (Å²) in [6.07, 6.45) is 0. The number of rotatable bonds is 4. The molecule has 2 aromatic rings. The molecule has 5 nitrogen and oxygen atoms in total. The van der Waals surface area contributed by atoms with Crippen LogP contribution in [0.5, 0.6) is 5.75 Å². The summed E-state index contributed by atoms with van der Waals surface area (Å²) in [5, 5.41) is 2.42. The number of nitrogens with two attached hydrogens (primary N) is 1. The van der Waals surface area contributed by atoms with E-state index < -0.39 is 0 Å². The molecule has 3 rings (SSSR count). The Bertz CT molecular complexity index is 776. The molecule has 6 heteroatoms. The van der Waals surface area contributed by atoms with Gasteiger partial charge in [-0.15, -0.1) is 11.8 Å². The number of thioether (sulfide) groups is 1. The molecular weight excluding hydrogens is 312 g/mol. The normalized spacial score (nSPS) is 14.4. The molecule has 0 radical (unpaired) electrons. The van der Waals surface area contributed by atoms with E-state index in [-0.39, 0.29) is 23.5 Å². The van der Waals surface area contributed by atoms with Gasteiger partial charge in [-0.05, 0) is 37.3 Å². The zero-order chi connectivity index (χ0) is 16.4. The summed E-state index contributed by atoms with van der Waals surface area (Å²) in [5.41, 5.74) is 7.64. The molecule has 0 saturated heterocycles. The number of hydrogen-bond donors (Lipinski definition) is 2. The molecule has 0 bridgehead atoms. The molecule has 23 heavy (non-hydrogen) atoms. The summed E-state index contributed by atoms with van der Waals surface area (Å²) in [4.78, 5) is 24.9. The maximum atomic E-state index is 12.6. The van der Waals surface area contributed by atoms with Gasteiger partial charge in [-0.25, -0.2) is 0 Å². The van der Waals surface area contributed by atoms with Gasteiger partial charge in [0.2, 0.25) is 0 Å². The highest BCUT2D eigenvalue weighted by molar-refractivity contribution is 8.00. The molecule has 0 spiro atoms. The molecule has 0 aliphatic carbocycles. The van der Waals surface area contributed by atoms with Crippen LogP contribution in [0.15, 0.2) is 47.4 Å². The quantitative estimate of drug-likeness (QED) is 0.512. The van der Waals surface area contributed by atoms with Gasteiger partial charge in [0, 0.05) is 16.1 Å². The van der Waals surface area contributed by atoms with E-state index in [4.69, 9.17) is 10.5 Å². The Labute approximate surface area is 138 Å². The molecule has 3 N–H and O–H groups in total. The van der Waals surface area contributed by atoms with E-state index in [9.17, 15) is 9.59 Å². The molecule has 1 heterocycles. The molecule has 1 aliphatic heterocycles. The third-order valence-electron chi connectivity index (χ3n) is 3.49. The van der Waals surface area contributed by atoms with Gasteiger partial charge >= 0.3 is 0 Å². The Balaban J connectivity index is 1.79. The number of nitrogen functional groups attached to an aromatic ring is 1. The number of Topliss-reactive ketones (excluding diaryl/α,β-unsaturated/α-hetero) is 1. The number of carbonyl (C=O) groups is 2. The Morgan fingerprint density at radius 1 is 1.30 bits per heavy atom. The van der Waals surface area contributed by atoms with Crippen LogP contribution in [0.2, 0.25) is 0 Å². The minimum absolute atomic E-state index is 0.000167. The third kappa shape index (κ3) is 3.32. The third-order valence-corrected chi connectivity index (χ3v) is 4.68. The highest BCUT2D eigenvalue weighted by atomic mass is 32.2. The van der Waals surface area contributed by atoms with Crippen LogP contribution in [0.4, 0.5) is 11.4 Å². The van der Waals surface area contributed by atoms with E-state index in [2.05, 4.69) is 5.32 Å². The van der Waals surface area contributed by atoms with E-state index in [0.29, 0.717) is 22.7 Å². The average molecular weight is 328 g/mol. The lowest BCUT2D eigenvalue weighted by Crippen LogP contribution is -2.25. The van der Waals surface area contributed by atoms with Gasteiger partial charge in [-0.3, -0.25) is 9.59 Å². The molecular formula is C17H16N2O3S. The fraction of sp³-hybridized carbons (Fsp3) is 0.176. The lowest BCUT2D eigenvalue weighted by atomic mass is 10.1. The van der Waals surface area contributed by atoms with Crippen molar-refractivity contribution in [3.63, 3.8) is 0 Å². The van der Waals surface area contributed by atoms with E-state index in [0.717, 1.165) is 4.90 Å². The van der Waals surface area contributed by atoms with Crippen molar-refractivity contribution in [2.75, 3.05) is 17.7 Å². The van der Waals surface area contributed by atoms with Crippen LogP contribution in [-0.2, 0) is 4.79 Å². The molecule has 0 aromatic heterocycles. The van der Waals surface area contributed by atoms with Gasteiger partial charge in [-0.2, -0.15) is 0 Å². The molecule has 1 amide bonds. The number of hydrogen-bond acceptors (Lipinski definition) is 5. The number of fused-ring (bicyclic) bond motifs is 1. The lowest BCUT2D eigenvalue weighted by molar-refractivity contribution is -0.118. The summed E-state index contributed by atoms with van der Waals surface area (Å²) < 4.78 is 5.30. The predicted octanol–water partition coefficient (Wildman–Crippen LogP) is 2.96. The van der Waals surface area contributed by atoms with Crippen molar-refractivity contribution in [1.82, 2.24) is 0 Å². The van der Waals surface area contributed by atoms with E-state index >= 15 is 0 Å². The van der Waals surface area contributed by atoms with Crippen molar-refractivity contribution in [3.05, 3.63) is 48.0 Å². The number of nitrogens with one attached hydrogen (secondary N) is 1. The van der Waals surface area contributed by atoms with Gasteiger partial charge < -0.3 is 15.8 Å². The summed E-state index contributed by atoms with van der Waals surface area (Å²) >= 11 is 1.42. The first-order chi connectivity index (χ1) is 11.0. The number of amides is 1. The van der Waals surface area contributed by atoms with Crippen LogP contribution >= 0.6 is 11.8 Å². The van der Waals surface area contributed by atoms with Crippen molar-refractivity contribution < 1.29 is 14.3 Å². The van der Waals surface area contributed by atoms with Crippen molar-refractivity contribution in [2.45, 2.75) is 17.1 Å². The van der Waals surface area contributed by atoms with Crippen LogP contribution in [0, 0.1) is 0 Å². The molecule has 118 valence electrons. The summed E-state index contributed by atoms with van der Waals surface area (Å²) in [6.45, 7) is 1.84.